The molecule has 1 amide bonds. The van der Waals surface area contributed by atoms with Crippen LogP contribution in [0.5, 0.6) is 0 Å². The molecule has 100 valence electrons. The molecule has 0 saturated heterocycles. The molecule has 1 heterocycles. The van der Waals surface area contributed by atoms with Crippen LogP contribution in [0.3, 0.4) is 0 Å². The van der Waals surface area contributed by atoms with Gasteiger partial charge in [-0.05, 0) is 39.1 Å². The number of carbonyl (C=O) groups excluding carboxylic acids is 1. The third kappa shape index (κ3) is 3.10. The molecule has 4 nitrogen and oxygen atoms in total. The third-order valence-electron chi connectivity index (χ3n) is 3.46. The van der Waals surface area contributed by atoms with Gasteiger partial charge in [0.2, 0.25) is 5.91 Å². The Kier molecular flexibility index (Phi) is 4.16. The van der Waals surface area contributed by atoms with Crippen LogP contribution in [0.15, 0.2) is 17.5 Å². The summed E-state index contributed by atoms with van der Waals surface area (Å²) in [5.74, 6) is -1.08. The van der Waals surface area contributed by atoms with Gasteiger partial charge in [-0.2, -0.15) is 0 Å². The van der Waals surface area contributed by atoms with E-state index in [9.17, 15) is 14.7 Å². The van der Waals surface area contributed by atoms with E-state index in [0.29, 0.717) is 0 Å². The van der Waals surface area contributed by atoms with Gasteiger partial charge in [-0.3, -0.25) is 9.59 Å². The molecule has 1 aromatic heterocycles. The van der Waals surface area contributed by atoms with E-state index in [1.807, 2.05) is 17.5 Å². The molecule has 0 saturated carbocycles. The minimum Gasteiger partial charge on any atom is -0.481 e. The van der Waals surface area contributed by atoms with Gasteiger partial charge in [-0.25, -0.2) is 0 Å². The van der Waals surface area contributed by atoms with E-state index in [2.05, 4.69) is 5.32 Å². The van der Waals surface area contributed by atoms with Crippen LogP contribution in [-0.2, 0) is 16.0 Å². The molecule has 0 aliphatic rings. The number of hydrogen-bond acceptors (Lipinski definition) is 3. The molecule has 0 aliphatic carbocycles. The summed E-state index contributed by atoms with van der Waals surface area (Å²) < 4.78 is 0. The highest BCUT2D eigenvalue weighted by Crippen LogP contribution is 2.30. The van der Waals surface area contributed by atoms with Gasteiger partial charge < -0.3 is 10.4 Å². The lowest BCUT2D eigenvalue weighted by Gasteiger charge is -2.38. The van der Waals surface area contributed by atoms with E-state index < -0.39 is 16.9 Å². The molecule has 0 radical (unpaired) electrons. The molecule has 0 aliphatic heterocycles. The van der Waals surface area contributed by atoms with Gasteiger partial charge in [0.25, 0.3) is 0 Å². The van der Waals surface area contributed by atoms with Crippen LogP contribution in [0.2, 0.25) is 0 Å². The molecule has 2 N–H and O–H groups in total. The number of thiophene rings is 1. The second-order valence-corrected chi connectivity index (χ2v) is 6.39. The maximum Gasteiger partial charge on any atom is 0.311 e. The average molecular weight is 269 g/mol. The first kappa shape index (κ1) is 14.7. The van der Waals surface area contributed by atoms with Crippen molar-refractivity contribution < 1.29 is 14.7 Å². The summed E-state index contributed by atoms with van der Waals surface area (Å²) >= 11 is 1.51. The normalized spacial score (nSPS) is 12.2. The van der Waals surface area contributed by atoms with Crippen molar-refractivity contribution in [3.63, 3.8) is 0 Å². The second-order valence-electron chi connectivity index (χ2n) is 5.36. The Hall–Kier alpha value is -1.36. The van der Waals surface area contributed by atoms with Crippen LogP contribution in [0.1, 0.15) is 32.6 Å². The van der Waals surface area contributed by atoms with Crippen molar-refractivity contribution in [2.75, 3.05) is 0 Å². The van der Waals surface area contributed by atoms with Crippen LogP contribution in [0.4, 0.5) is 0 Å². The summed E-state index contributed by atoms with van der Waals surface area (Å²) in [7, 11) is 0. The Morgan fingerprint density at radius 1 is 1.33 bits per heavy atom. The Morgan fingerprint density at radius 3 is 2.39 bits per heavy atom. The average Bonchev–Trinajstić information content (AvgIpc) is 2.68. The molecule has 0 aromatic carbocycles. The van der Waals surface area contributed by atoms with Gasteiger partial charge in [0.1, 0.15) is 0 Å². The smallest absolute Gasteiger partial charge is 0.311 e. The minimum atomic E-state index is -1.03. The quantitative estimate of drug-likeness (QED) is 0.862. The summed E-state index contributed by atoms with van der Waals surface area (Å²) in [5.41, 5.74) is -1.84. The predicted molar refractivity (Wildman–Crippen MR) is 71.7 cm³/mol. The van der Waals surface area contributed by atoms with E-state index in [-0.39, 0.29) is 12.3 Å². The van der Waals surface area contributed by atoms with Crippen LogP contribution in [0, 0.1) is 5.41 Å². The highest BCUT2D eigenvalue weighted by molar-refractivity contribution is 7.10. The molecule has 5 heteroatoms. The summed E-state index contributed by atoms with van der Waals surface area (Å²) in [4.78, 5) is 24.1. The molecule has 18 heavy (non-hydrogen) atoms. The zero-order valence-corrected chi connectivity index (χ0v) is 11.9. The number of carboxylic acids is 1. The molecule has 0 spiro atoms. The van der Waals surface area contributed by atoms with Crippen LogP contribution >= 0.6 is 11.3 Å². The molecule has 0 fully saturated rings. The molecular formula is C13H19NO3S. The molecule has 1 rings (SSSR count). The van der Waals surface area contributed by atoms with Gasteiger partial charge in [-0.1, -0.05) is 6.07 Å². The standard InChI is InChI=1S/C13H19NO3S/c1-12(2,11(16)17)13(3,4)14-10(15)8-9-6-5-7-18-9/h5-7H,8H2,1-4H3,(H,14,15)(H,16,17). The van der Waals surface area contributed by atoms with Gasteiger partial charge in [-0.15, -0.1) is 11.3 Å². The van der Waals surface area contributed by atoms with E-state index >= 15 is 0 Å². The SMILES string of the molecule is CC(C)(NC(=O)Cc1cccs1)C(C)(C)C(=O)O. The van der Waals surface area contributed by atoms with Gasteiger partial charge in [0.05, 0.1) is 11.8 Å². The Morgan fingerprint density at radius 2 is 1.94 bits per heavy atom. The van der Waals surface area contributed by atoms with E-state index in [1.54, 1.807) is 27.7 Å². The maximum absolute atomic E-state index is 11.9. The van der Waals surface area contributed by atoms with E-state index in [4.69, 9.17) is 0 Å². The summed E-state index contributed by atoms with van der Waals surface area (Å²) in [6.45, 7) is 6.68. The van der Waals surface area contributed by atoms with Crippen molar-refractivity contribution in [3.8, 4) is 0 Å². The summed E-state index contributed by atoms with van der Waals surface area (Å²) in [6, 6.07) is 3.78. The maximum atomic E-state index is 11.9. The van der Waals surface area contributed by atoms with E-state index in [1.165, 1.54) is 11.3 Å². The fourth-order valence-electron chi connectivity index (χ4n) is 1.39. The zero-order valence-electron chi connectivity index (χ0n) is 11.1. The Labute approximate surface area is 111 Å². The van der Waals surface area contributed by atoms with Crippen LogP contribution < -0.4 is 5.32 Å². The van der Waals surface area contributed by atoms with Crippen molar-refractivity contribution in [2.45, 2.75) is 39.7 Å². The third-order valence-corrected chi connectivity index (χ3v) is 4.34. The largest absolute Gasteiger partial charge is 0.481 e. The monoisotopic (exact) mass is 269 g/mol. The predicted octanol–water partition coefficient (Wildman–Crippen LogP) is 2.30. The number of amides is 1. The number of nitrogens with one attached hydrogen (secondary N) is 1. The number of carboxylic acid groups (broad SMARTS) is 1. The molecule has 0 atom stereocenters. The lowest BCUT2D eigenvalue weighted by Crippen LogP contribution is -2.57. The summed E-state index contributed by atoms with van der Waals surface area (Å²) in [5, 5.41) is 13.9. The van der Waals surface area contributed by atoms with Gasteiger partial charge >= 0.3 is 5.97 Å². The van der Waals surface area contributed by atoms with Crippen molar-refractivity contribution in [1.82, 2.24) is 5.32 Å². The first-order valence-corrected chi connectivity index (χ1v) is 6.61. The highest BCUT2D eigenvalue weighted by atomic mass is 32.1. The van der Waals surface area contributed by atoms with Crippen molar-refractivity contribution in [2.24, 2.45) is 5.41 Å². The van der Waals surface area contributed by atoms with Crippen molar-refractivity contribution in [3.05, 3.63) is 22.4 Å². The Balaban J connectivity index is 2.71. The van der Waals surface area contributed by atoms with Crippen molar-refractivity contribution >= 4 is 23.2 Å². The minimum absolute atomic E-state index is 0.156. The van der Waals surface area contributed by atoms with Gasteiger partial charge in [0.15, 0.2) is 0 Å². The van der Waals surface area contributed by atoms with Crippen molar-refractivity contribution in [1.29, 1.82) is 0 Å². The highest BCUT2D eigenvalue weighted by Gasteiger charge is 2.44. The van der Waals surface area contributed by atoms with E-state index in [0.717, 1.165) is 4.88 Å². The zero-order chi connectivity index (χ0) is 14.0. The fourth-order valence-corrected chi connectivity index (χ4v) is 2.09. The van der Waals surface area contributed by atoms with Gasteiger partial charge in [0, 0.05) is 10.4 Å². The Bertz CT molecular complexity index is 435. The number of aliphatic carboxylic acids is 1. The number of rotatable bonds is 5. The first-order chi connectivity index (χ1) is 8.17. The lowest BCUT2D eigenvalue weighted by atomic mass is 9.74. The van der Waals surface area contributed by atoms with Crippen LogP contribution in [-0.4, -0.2) is 22.5 Å². The molecule has 0 unspecified atom stereocenters. The molecule has 1 aromatic rings. The molecule has 0 bridgehead atoms. The molecular weight excluding hydrogens is 250 g/mol. The second kappa shape index (κ2) is 5.10. The summed E-state index contributed by atoms with van der Waals surface area (Å²) in [6.07, 6.45) is 0.288. The topological polar surface area (TPSA) is 66.4 Å². The number of carbonyl (C=O) groups is 2. The fraction of sp³-hybridized carbons (Fsp3) is 0.538. The number of hydrogen-bond donors (Lipinski definition) is 2. The first-order valence-electron chi connectivity index (χ1n) is 5.73. The van der Waals surface area contributed by atoms with Crippen LogP contribution in [0.25, 0.3) is 0 Å². The lowest BCUT2D eigenvalue weighted by molar-refractivity contribution is -0.151.